The molecule has 0 bridgehead atoms. The smallest absolute Gasteiger partial charge is 0.368 e. The highest BCUT2D eigenvalue weighted by Gasteiger charge is 2.35. The molecule has 0 radical (unpaired) electrons. The van der Waals surface area contributed by atoms with Crippen LogP contribution in [0.5, 0.6) is 0 Å². The number of primary amides is 1. The van der Waals surface area contributed by atoms with Gasteiger partial charge in [-0.15, -0.1) is 0 Å². The summed E-state index contributed by atoms with van der Waals surface area (Å²) in [4.78, 5) is 12.5. The summed E-state index contributed by atoms with van der Waals surface area (Å²) in [5.74, 6) is -0.665. The Labute approximate surface area is 121 Å². The molecule has 0 heterocycles. The minimum atomic E-state index is -4.51. The quantitative estimate of drug-likeness (QED) is 0.811. The van der Waals surface area contributed by atoms with Crippen molar-refractivity contribution in [2.75, 3.05) is 18.0 Å². The topological polar surface area (TPSA) is 72.3 Å². The molecule has 0 aliphatic heterocycles. The van der Waals surface area contributed by atoms with E-state index < -0.39 is 17.6 Å². The molecule has 0 aromatic heterocycles. The Bertz CT molecular complexity index is 489. The number of rotatable bonds is 7. The van der Waals surface area contributed by atoms with Crippen LogP contribution in [0.4, 0.5) is 18.9 Å². The third-order valence-electron chi connectivity index (χ3n) is 3.07. The molecule has 0 saturated heterocycles. The molecule has 0 fully saturated rings. The van der Waals surface area contributed by atoms with E-state index in [4.69, 9.17) is 11.5 Å². The largest absolute Gasteiger partial charge is 0.418 e. The summed E-state index contributed by atoms with van der Waals surface area (Å²) in [5.41, 5.74) is 10.1. The Kier molecular flexibility index (Phi) is 6.02. The molecule has 7 heteroatoms. The second kappa shape index (κ2) is 7.31. The van der Waals surface area contributed by atoms with Crippen LogP contribution in [0.3, 0.4) is 0 Å². The number of carbonyl (C=O) groups is 1. The standard InChI is InChI=1S/C14H20F3N3O/c1-2-3-6-20(9-13(19)21)12-5-4-10(8-18)7-11(12)14(15,16)17/h4-5,7H,2-3,6,8-9,18H2,1H3,(H2,19,21). The van der Waals surface area contributed by atoms with Gasteiger partial charge in [-0.1, -0.05) is 19.4 Å². The molecule has 0 spiro atoms. The number of benzene rings is 1. The third-order valence-corrected chi connectivity index (χ3v) is 3.07. The van der Waals surface area contributed by atoms with Crippen molar-refractivity contribution in [1.82, 2.24) is 0 Å². The fourth-order valence-corrected chi connectivity index (χ4v) is 2.03. The molecule has 0 aliphatic carbocycles. The molecule has 1 rings (SSSR count). The van der Waals surface area contributed by atoms with Gasteiger partial charge in [-0.3, -0.25) is 4.79 Å². The van der Waals surface area contributed by atoms with Crippen LogP contribution in [0, 0.1) is 0 Å². The summed E-state index contributed by atoms with van der Waals surface area (Å²) in [6, 6.07) is 3.91. The lowest BCUT2D eigenvalue weighted by Gasteiger charge is -2.27. The lowest BCUT2D eigenvalue weighted by molar-refractivity contribution is -0.137. The van der Waals surface area contributed by atoms with Gasteiger partial charge in [0.1, 0.15) is 0 Å². The first-order valence-electron chi connectivity index (χ1n) is 6.73. The maximum Gasteiger partial charge on any atom is 0.418 e. The molecule has 0 atom stereocenters. The molecular formula is C14H20F3N3O. The number of hydrogen-bond donors (Lipinski definition) is 2. The van der Waals surface area contributed by atoms with E-state index in [9.17, 15) is 18.0 Å². The fourth-order valence-electron chi connectivity index (χ4n) is 2.03. The van der Waals surface area contributed by atoms with Crippen LogP contribution < -0.4 is 16.4 Å². The van der Waals surface area contributed by atoms with E-state index >= 15 is 0 Å². The average Bonchev–Trinajstić information content (AvgIpc) is 2.41. The first-order valence-corrected chi connectivity index (χ1v) is 6.73. The minimum absolute atomic E-state index is 0.0220. The molecule has 0 unspecified atom stereocenters. The first kappa shape index (κ1) is 17.3. The van der Waals surface area contributed by atoms with Gasteiger partial charge in [0.05, 0.1) is 12.1 Å². The molecule has 21 heavy (non-hydrogen) atoms. The van der Waals surface area contributed by atoms with Crippen LogP contribution in [0.1, 0.15) is 30.9 Å². The van der Waals surface area contributed by atoms with Gasteiger partial charge in [-0.2, -0.15) is 13.2 Å². The Morgan fingerprint density at radius 2 is 2.00 bits per heavy atom. The second-order valence-corrected chi connectivity index (χ2v) is 4.79. The first-order chi connectivity index (χ1) is 9.79. The van der Waals surface area contributed by atoms with E-state index in [-0.39, 0.29) is 18.8 Å². The summed E-state index contributed by atoms with van der Waals surface area (Å²) in [5, 5.41) is 0. The zero-order valence-corrected chi connectivity index (χ0v) is 11.9. The fraction of sp³-hybridized carbons (Fsp3) is 0.500. The zero-order valence-electron chi connectivity index (χ0n) is 11.9. The molecular weight excluding hydrogens is 283 g/mol. The maximum absolute atomic E-state index is 13.2. The van der Waals surface area contributed by atoms with Crippen molar-refractivity contribution in [2.45, 2.75) is 32.5 Å². The highest BCUT2D eigenvalue weighted by atomic mass is 19.4. The van der Waals surface area contributed by atoms with Crippen molar-refractivity contribution < 1.29 is 18.0 Å². The van der Waals surface area contributed by atoms with Crippen LogP contribution in [-0.2, 0) is 17.5 Å². The summed E-state index contributed by atoms with van der Waals surface area (Å²) in [6.45, 7) is 2.04. The highest BCUT2D eigenvalue weighted by molar-refractivity contribution is 5.80. The van der Waals surface area contributed by atoms with Crippen LogP contribution in [-0.4, -0.2) is 19.0 Å². The third kappa shape index (κ3) is 4.93. The van der Waals surface area contributed by atoms with E-state index in [0.717, 1.165) is 12.5 Å². The Balaban J connectivity index is 3.24. The van der Waals surface area contributed by atoms with Crippen molar-refractivity contribution >= 4 is 11.6 Å². The van der Waals surface area contributed by atoms with Crippen molar-refractivity contribution in [3.05, 3.63) is 29.3 Å². The van der Waals surface area contributed by atoms with Gasteiger partial charge in [0.2, 0.25) is 5.91 Å². The molecule has 0 aliphatic rings. The highest BCUT2D eigenvalue weighted by Crippen LogP contribution is 2.37. The van der Waals surface area contributed by atoms with Crippen LogP contribution >= 0.6 is 0 Å². The molecule has 4 nitrogen and oxygen atoms in total. The van der Waals surface area contributed by atoms with Gasteiger partial charge in [0, 0.05) is 18.8 Å². The van der Waals surface area contributed by atoms with E-state index in [0.29, 0.717) is 18.5 Å². The molecule has 1 amide bonds. The lowest BCUT2D eigenvalue weighted by atomic mass is 10.1. The van der Waals surface area contributed by atoms with Crippen molar-refractivity contribution in [3.63, 3.8) is 0 Å². The molecule has 4 N–H and O–H groups in total. The Hall–Kier alpha value is -1.76. The molecule has 1 aromatic carbocycles. The Morgan fingerprint density at radius 3 is 2.48 bits per heavy atom. The van der Waals surface area contributed by atoms with Crippen molar-refractivity contribution in [1.29, 1.82) is 0 Å². The van der Waals surface area contributed by atoms with Gasteiger partial charge < -0.3 is 16.4 Å². The minimum Gasteiger partial charge on any atom is -0.368 e. The molecule has 118 valence electrons. The summed E-state index contributed by atoms with van der Waals surface area (Å²) < 4.78 is 39.6. The monoisotopic (exact) mass is 303 g/mol. The number of anilines is 1. The number of nitrogens with zero attached hydrogens (tertiary/aromatic N) is 1. The molecule has 0 saturated carbocycles. The normalized spacial score (nSPS) is 11.5. The maximum atomic E-state index is 13.2. The predicted octanol–water partition coefficient (Wildman–Crippen LogP) is 2.26. The van der Waals surface area contributed by atoms with E-state index in [1.807, 2.05) is 6.92 Å². The number of unbranched alkanes of at least 4 members (excludes halogenated alkanes) is 1. The van der Waals surface area contributed by atoms with Crippen molar-refractivity contribution in [3.8, 4) is 0 Å². The number of halogens is 3. The summed E-state index contributed by atoms with van der Waals surface area (Å²) >= 11 is 0. The van der Waals surface area contributed by atoms with Gasteiger partial charge in [-0.05, 0) is 24.1 Å². The predicted molar refractivity (Wildman–Crippen MR) is 75.7 cm³/mol. The van der Waals surface area contributed by atoms with Gasteiger partial charge in [-0.25, -0.2) is 0 Å². The van der Waals surface area contributed by atoms with Gasteiger partial charge >= 0.3 is 6.18 Å². The summed E-state index contributed by atoms with van der Waals surface area (Å²) in [7, 11) is 0. The summed E-state index contributed by atoms with van der Waals surface area (Å²) in [6.07, 6.45) is -3.04. The van der Waals surface area contributed by atoms with Crippen LogP contribution in [0.25, 0.3) is 0 Å². The van der Waals surface area contributed by atoms with Crippen LogP contribution in [0.15, 0.2) is 18.2 Å². The number of hydrogen-bond acceptors (Lipinski definition) is 3. The molecule has 1 aromatic rings. The number of amides is 1. The van der Waals surface area contributed by atoms with Gasteiger partial charge in [0.25, 0.3) is 0 Å². The van der Waals surface area contributed by atoms with Crippen molar-refractivity contribution in [2.24, 2.45) is 11.5 Å². The van der Waals surface area contributed by atoms with E-state index in [1.165, 1.54) is 17.0 Å². The lowest BCUT2D eigenvalue weighted by Crippen LogP contribution is -2.35. The SMILES string of the molecule is CCCCN(CC(N)=O)c1ccc(CN)cc1C(F)(F)F. The van der Waals surface area contributed by atoms with Crippen LogP contribution in [0.2, 0.25) is 0 Å². The number of carbonyl (C=O) groups excluding carboxylic acids is 1. The Morgan fingerprint density at radius 1 is 1.33 bits per heavy atom. The van der Waals surface area contributed by atoms with E-state index in [2.05, 4.69) is 0 Å². The second-order valence-electron chi connectivity index (χ2n) is 4.79. The van der Waals surface area contributed by atoms with Gasteiger partial charge in [0.15, 0.2) is 0 Å². The number of alkyl halides is 3. The number of nitrogens with two attached hydrogens (primary N) is 2. The zero-order chi connectivity index (χ0) is 16.0. The average molecular weight is 303 g/mol. The van der Waals surface area contributed by atoms with E-state index in [1.54, 1.807) is 0 Å².